The number of nitrogens with one attached hydrogen (secondary N) is 2. The zero-order chi connectivity index (χ0) is 18.8. The van der Waals surface area contributed by atoms with E-state index in [1.54, 1.807) is 18.4 Å². The van der Waals surface area contributed by atoms with Crippen molar-refractivity contribution in [2.75, 3.05) is 31.6 Å². The molecular weight excluding hydrogens is 352 g/mol. The SMILES string of the molecule is CNC(=O)CC1C(=O)NCCN1c1nc(CCN)nc2sc(C)c(C)c12. The number of thiophene rings is 1. The van der Waals surface area contributed by atoms with E-state index in [0.717, 1.165) is 21.6 Å². The molecule has 1 unspecified atom stereocenters. The molecule has 0 spiro atoms. The van der Waals surface area contributed by atoms with Crippen LogP contribution in [0, 0.1) is 13.8 Å². The summed E-state index contributed by atoms with van der Waals surface area (Å²) in [6.07, 6.45) is 0.654. The molecule has 2 amide bonds. The first kappa shape index (κ1) is 18.5. The number of carbonyl (C=O) groups excluding carboxylic acids is 2. The first-order valence-electron chi connectivity index (χ1n) is 8.67. The molecule has 1 aliphatic rings. The normalized spacial score (nSPS) is 17.5. The number of anilines is 1. The van der Waals surface area contributed by atoms with Gasteiger partial charge in [-0.15, -0.1) is 11.3 Å². The molecule has 3 heterocycles. The Morgan fingerprint density at radius 3 is 2.88 bits per heavy atom. The summed E-state index contributed by atoms with van der Waals surface area (Å²) in [5.41, 5.74) is 6.81. The maximum atomic E-state index is 12.5. The van der Waals surface area contributed by atoms with Crippen molar-refractivity contribution in [2.24, 2.45) is 5.73 Å². The Balaban J connectivity index is 2.13. The van der Waals surface area contributed by atoms with Gasteiger partial charge in [0.1, 0.15) is 22.5 Å². The van der Waals surface area contributed by atoms with E-state index in [1.807, 2.05) is 11.8 Å². The van der Waals surface area contributed by atoms with Crippen LogP contribution in [0.4, 0.5) is 5.82 Å². The summed E-state index contributed by atoms with van der Waals surface area (Å²) >= 11 is 1.62. The fraction of sp³-hybridized carbons (Fsp3) is 0.529. The molecule has 2 aromatic rings. The lowest BCUT2D eigenvalue weighted by Crippen LogP contribution is -2.57. The maximum Gasteiger partial charge on any atom is 0.243 e. The number of carbonyl (C=O) groups is 2. The summed E-state index contributed by atoms with van der Waals surface area (Å²) in [6, 6.07) is -0.591. The van der Waals surface area contributed by atoms with Crippen molar-refractivity contribution in [3.05, 3.63) is 16.3 Å². The topological polar surface area (TPSA) is 113 Å². The number of hydrogen-bond donors (Lipinski definition) is 3. The van der Waals surface area contributed by atoms with Gasteiger partial charge in [0.05, 0.1) is 11.8 Å². The van der Waals surface area contributed by atoms with Gasteiger partial charge >= 0.3 is 0 Å². The number of fused-ring (bicyclic) bond motifs is 1. The Bertz CT molecular complexity index is 849. The third kappa shape index (κ3) is 3.36. The van der Waals surface area contributed by atoms with Crippen LogP contribution in [-0.2, 0) is 16.0 Å². The van der Waals surface area contributed by atoms with E-state index in [4.69, 9.17) is 10.7 Å². The Kier molecular flexibility index (Phi) is 5.38. The van der Waals surface area contributed by atoms with Crippen LogP contribution >= 0.6 is 11.3 Å². The molecular formula is C17H24N6O2S. The molecule has 0 aromatic carbocycles. The zero-order valence-corrected chi connectivity index (χ0v) is 16.1. The molecule has 0 aliphatic carbocycles. The minimum absolute atomic E-state index is 0.0855. The third-order valence-electron chi connectivity index (χ3n) is 4.68. The number of aryl methyl sites for hydroxylation is 2. The van der Waals surface area contributed by atoms with Crippen LogP contribution in [0.25, 0.3) is 10.2 Å². The fourth-order valence-corrected chi connectivity index (χ4v) is 4.21. The average molecular weight is 376 g/mol. The van der Waals surface area contributed by atoms with Crippen LogP contribution in [0.5, 0.6) is 0 Å². The van der Waals surface area contributed by atoms with E-state index < -0.39 is 6.04 Å². The first-order valence-corrected chi connectivity index (χ1v) is 9.49. The van der Waals surface area contributed by atoms with Crippen molar-refractivity contribution in [1.29, 1.82) is 0 Å². The van der Waals surface area contributed by atoms with Crippen LogP contribution in [0.15, 0.2) is 0 Å². The highest BCUT2D eigenvalue weighted by Gasteiger charge is 2.34. The largest absolute Gasteiger partial charge is 0.359 e. The maximum absolute atomic E-state index is 12.5. The van der Waals surface area contributed by atoms with E-state index >= 15 is 0 Å². The quantitative estimate of drug-likeness (QED) is 0.689. The van der Waals surface area contributed by atoms with Gasteiger partial charge in [0.15, 0.2) is 0 Å². The molecule has 0 saturated carbocycles. The van der Waals surface area contributed by atoms with Crippen molar-refractivity contribution >= 4 is 39.2 Å². The average Bonchev–Trinajstić information content (AvgIpc) is 2.90. The lowest BCUT2D eigenvalue weighted by Gasteiger charge is -2.36. The molecule has 2 aromatic heterocycles. The van der Waals surface area contributed by atoms with Gasteiger partial charge in [0, 0.05) is 31.4 Å². The first-order chi connectivity index (χ1) is 12.5. The Morgan fingerprint density at radius 1 is 1.42 bits per heavy atom. The molecule has 8 nitrogen and oxygen atoms in total. The molecule has 9 heteroatoms. The molecule has 0 radical (unpaired) electrons. The van der Waals surface area contributed by atoms with E-state index in [9.17, 15) is 9.59 Å². The van der Waals surface area contributed by atoms with Crippen LogP contribution in [0.1, 0.15) is 22.7 Å². The smallest absolute Gasteiger partial charge is 0.243 e. The van der Waals surface area contributed by atoms with Gasteiger partial charge < -0.3 is 21.3 Å². The molecule has 26 heavy (non-hydrogen) atoms. The lowest BCUT2D eigenvalue weighted by molar-refractivity contribution is -0.128. The minimum Gasteiger partial charge on any atom is -0.359 e. The van der Waals surface area contributed by atoms with E-state index in [0.29, 0.717) is 31.9 Å². The second-order valence-corrected chi connectivity index (χ2v) is 7.55. The number of nitrogens with zero attached hydrogens (tertiary/aromatic N) is 3. The molecule has 0 bridgehead atoms. The number of piperazine rings is 1. The number of aromatic nitrogens is 2. The third-order valence-corrected chi connectivity index (χ3v) is 5.79. The van der Waals surface area contributed by atoms with Gasteiger partial charge in [-0.2, -0.15) is 0 Å². The standard InChI is InChI=1S/C17H24N6O2S/c1-9-10(2)26-17-14(9)15(21-12(22-17)4-5-18)23-7-6-20-16(25)11(23)8-13(24)19-3/h11H,4-8,18H2,1-3H3,(H,19,24)(H,20,25). The van der Waals surface area contributed by atoms with Crippen LogP contribution in [-0.4, -0.2) is 54.5 Å². The molecule has 1 saturated heterocycles. The summed E-state index contributed by atoms with van der Waals surface area (Å²) in [6.45, 7) is 5.66. The Labute approximate surface area is 156 Å². The summed E-state index contributed by atoms with van der Waals surface area (Å²) in [5, 5.41) is 6.41. The highest BCUT2D eigenvalue weighted by Crippen LogP contribution is 2.36. The fourth-order valence-electron chi connectivity index (χ4n) is 3.17. The second kappa shape index (κ2) is 7.55. The van der Waals surface area contributed by atoms with E-state index in [1.165, 1.54) is 4.88 Å². The molecule has 1 atom stereocenters. The summed E-state index contributed by atoms with van der Waals surface area (Å²) in [4.78, 5) is 37.8. The Hall–Kier alpha value is -2.26. The minimum atomic E-state index is -0.591. The van der Waals surface area contributed by atoms with Crippen molar-refractivity contribution in [3.63, 3.8) is 0 Å². The van der Waals surface area contributed by atoms with Gasteiger partial charge in [-0.05, 0) is 26.0 Å². The van der Waals surface area contributed by atoms with E-state index in [-0.39, 0.29) is 18.2 Å². The van der Waals surface area contributed by atoms with Gasteiger partial charge in [-0.3, -0.25) is 9.59 Å². The molecule has 1 fully saturated rings. The summed E-state index contributed by atoms with van der Waals surface area (Å²) < 4.78 is 0. The Morgan fingerprint density at radius 2 is 2.19 bits per heavy atom. The van der Waals surface area contributed by atoms with Crippen LogP contribution in [0.3, 0.4) is 0 Å². The number of rotatable bonds is 5. The molecule has 3 rings (SSSR count). The van der Waals surface area contributed by atoms with Crippen molar-refractivity contribution in [3.8, 4) is 0 Å². The highest BCUT2D eigenvalue weighted by atomic mass is 32.1. The second-order valence-electron chi connectivity index (χ2n) is 6.34. The van der Waals surface area contributed by atoms with Gasteiger partial charge in [0.25, 0.3) is 0 Å². The van der Waals surface area contributed by atoms with Crippen molar-refractivity contribution < 1.29 is 9.59 Å². The van der Waals surface area contributed by atoms with Crippen molar-refractivity contribution in [1.82, 2.24) is 20.6 Å². The van der Waals surface area contributed by atoms with Gasteiger partial charge in [-0.1, -0.05) is 0 Å². The van der Waals surface area contributed by atoms with Gasteiger partial charge in [-0.25, -0.2) is 9.97 Å². The molecule has 140 valence electrons. The summed E-state index contributed by atoms with van der Waals surface area (Å²) in [7, 11) is 1.57. The predicted octanol–water partition coefficient (Wildman–Crippen LogP) is 0.250. The zero-order valence-electron chi connectivity index (χ0n) is 15.3. The lowest BCUT2D eigenvalue weighted by atomic mass is 10.1. The monoisotopic (exact) mass is 376 g/mol. The number of hydrogen-bond acceptors (Lipinski definition) is 7. The van der Waals surface area contributed by atoms with E-state index in [2.05, 4.69) is 22.5 Å². The molecule has 1 aliphatic heterocycles. The summed E-state index contributed by atoms with van der Waals surface area (Å²) in [5.74, 6) is 1.06. The molecule has 4 N–H and O–H groups in total. The highest BCUT2D eigenvalue weighted by molar-refractivity contribution is 7.18. The number of amides is 2. The van der Waals surface area contributed by atoms with Crippen molar-refractivity contribution in [2.45, 2.75) is 32.7 Å². The number of nitrogens with two attached hydrogens (primary N) is 1. The van der Waals surface area contributed by atoms with Crippen LogP contribution < -0.4 is 21.3 Å². The predicted molar refractivity (Wildman–Crippen MR) is 102 cm³/mol. The van der Waals surface area contributed by atoms with Crippen LogP contribution in [0.2, 0.25) is 0 Å². The van der Waals surface area contributed by atoms with Gasteiger partial charge in [0.2, 0.25) is 11.8 Å².